The standard InChI is InChI=1S/C9H5N.CHClO2/c1-3-8-7-2-4-9(10-8)6(1)5-7;2-1(3)4/h1-5H;(H,3,4). The molecule has 0 aliphatic rings. The van der Waals surface area contributed by atoms with Crippen LogP contribution in [-0.2, 0) is 0 Å². The minimum absolute atomic E-state index is 1.12. The Balaban J connectivity index is 0.000000165. The molecule has 3 aromatic heterocycles. The summed E-state index contributed by atoms with van der Waals surface area (Å²) in [6.07, 6.45) is 0. The number of aromatic nitrogens is 1. The van der Waals surface area contributed by atoms with Crippen molar-refractivity contribution in [2.24, 2.45) is 0 Å². The maximum atomic E-state index is 8.77. The van der Waals surface area contributed by atoms with Gasteiger partial charge >= 0.3 is 5.43 Å². The van der Waals surface area contributed by atoms with E-state index in [0.29, 0.717) is 0 Å². The Morgan fingerprint density at radius 1 is 1.14 bits per heavy atom. The fourth-order valence-electron chi connectivity index (χ4n) is 1.45. The summed E-state index contributed by atoms with van der Waals surface area (Å²) in [5, 5.41) is 9.70. The van der Waals surface area contributed by atoms with Crippen LogP contribution in [0.5, 0.6) is 0 Å². The maximum Gasteiger partial charge on any atom is 0.401 e. The minimum atomic E-state index is -1.36. The Morgan fingerprint density at radius 3 is 1.79 bits per heavy atom. The van der Waals surface area contributed by atoms with Crippen molar-refractivity contribution < 1.29 is 9.90 Å². The van der Waals surface area contributed by atoms with Crippen LogP contribution in [-0.4, -0.2) is 15.5 Å². The molecular formula is C10H6ClNO2. The molecule has 0 aliphatic carbocycles. The molecule has 0 amide bonds. The van der Waals surface area contributed by atoms with Crippen molar-refractivity contribution in [3.05, 3.63) is 30.3 Å². The van der Waals surface area contributed by atoms with Crippen LogP contribution in [0.4, 0.5) is 4.79 Å². The second kappa shape index (κ2) is 3.27. The van der Waals surface area contributed by atoms with Gasteiger partial charge in [-0.25, -0.2) is 9.78 Å². The van der Waals surface area contributed by atoms with E-state index in [1.807, 2.05) is 0 Å². The third-order valence-electron chi connectivity index (χ3n) is 1.98. The summed E-state index contributed by atoms with van der Waals surface area (Å²) < 4.78 is 0. The highest BCUT2D eigenvalue weighted by Gasteiger charge is 2.02. The van der Waals surface area contributed by atoms with E-state index in [0.717, 1.165) is 11.0 Å². The van der Waals surface area contributed by atoms with E-state index >= 15 is 0 Å². The first-order valence-electron chi connectivity index (χ1n) is 3.96. The lowest BCUT2D eigenvalue weighted by atomic mass is 10.1. The van der Waals surface area contributed by atoms with Crippen LogP contribution in [0.1, 0.15) is 0 Å². The van der Waals surface area contributed by atoms with Crippen LogP contribution >= 0.6 is 11.6 Å². The van der Waals surface area contributed by atoms with Gasteiger partial charge in [0.1, 0.15) is 0 Å². The van der Waals surface area contributed by atoms with Gasteiger partial charge in [-0.05, 0) is 18.2 Å². The summed E-state index contributed by atoms with van der Waals surface area (Å²) >= 11 is 4.19. The number of halogens is 1. The molecule has 0 aliphatic heterocycles. The van der Waals surface area contributed by atoms with Crippen molar-refractivity contribution in [1.29, 1.82) is 0 Å². The van der Waals surface area contributed by atoms with Gasteiger partial charge in [0.05, 0.1) is 11.0 Å². The van der Waals surface area contributed by atoms with Crippen molar-refractivity contribution in [3.8, 4) is 0 Å². The van der Waals surface area contributed by atoms with E-state index in [-0.39, 0.29) is 0 Å². The van der Waals surface area contributed by atoms with E-state index in [1.54, 1.807) is 0 Å². The summed E-state index contributed by atoms with van der Waals surface area (Å²) in [4.78, 5) is 13.1. The number of carboxylic acid groups (broad SMARTS) is 1. The van der Waals surface area contributed by atoms with Gasteiger partial charge in [0.15, 0.2) is 0 Å². The molecule has 5 rings (SSSR count). The van der Waals surface area contributed by atoms with Gasteiger partial charge in [-0.2, -0.15) is 0 Å². The molecule has 3 nitrogen and oxygen atoms in total. The summed E-state index contributed by atoms with van der Waals surface area (Å²) in [5.41, 5.74) is 0.875. The lowest BCUT2D eigenvalue weighted by Crippen LogP contribution is -1.85. The zero-order valence-corrected chi connectivity index (χ0v) is 7.82. The van der Waals surface area contributed by atoms with Crippen molar-refractivity contribution in [2.45, 2.75) is 0 Å². The van der Waals surface area contributed by atoms with Crippen LogP contribution in [0, 0.1) is 0 Å². The largest absolute Gasteiger partial charge is 0.469 e. The normalized spacial score (nSPS) is 10.4. The number of hydrogen-bond acceptors (Lipinski definition) is 2. The van der Waals surface area contributed by atoms with Gasteiger partial charge in [0.2, 0.25) is 0 Å². The predicted molar refractivity (Wildman–Crippen MR) is 55.5 cm³/mol. The quantitative estimate of drug-likeness (QED) is 0.576. The molecule has 5 aromatic rings. The molecule has 0 spiro atoms. The summed E-state index contributed by atoms with van der Waals surface area (Å²) in [6.45, 7) is 0. The first-order chi connectivity index (χ1) is 6.66. The van der Waals surface area contributed by atoms with Crippen molar-refractivity contribution in [1.82, 2.24) is 4.98 Å². The summed E-state index contributed by atoms with van der Waals surface area (Å²) in [5.74, 6) is 0. The molecule has 14 heavy (non-hydrogen) atoms. The van der Waals surface area contributed by atoms with E-state index in [1.165, 1.54) is 10.8 Å². The van der Waals surface area contributed by atoms with Crippen molar-refractivity contribution in [3.63, 3.8) is 0 Å². The Labute approximate surface area is 84.6 Å². The number of benzene rings is 2. The summed E-state index contributed by atoms with van der Waals surface area (Å²) in [7, 11) is 0. The highest BCUT2D eigenvalue weighted by Crippen LogP contribution is 2.23. The third-order valence-corrected chi connectivity index (χ3v) is 1.98. The number of hydrogen-bond donors (Lipinski definition) is 1. The fourth-order valence-corrected chi connectivity index (χ4v) is 1.45. The molecule has 3 heterocycles. The number of carbonyl (C=O) groups is 1. The average Bonchev–Trinajstić information content (AvgIpc) is 2.17. The lowest BCUT2D eigenvalue weighted by Gasteiger charge is -2.04. The van der Waals surface area contributed by atoms with E-state index in [2.05, 4.69) is 46.9 Å². The molecule has 1 N–H and O–H groups in total. The second-order valence-electron chi connectivity index (χ2n) is 2.86. The molecular weight excluding hydrogens is 202 g/mol. The smallest absolute Gasteiger partial charge is 0.401 e. The summed E-state index contributed by atoms with van der Waals surface area (Å²) in [6, 6.07) is 10.5. The van der Waals surface area contributed by atoms with Gasteiger partial charge in [-0.15, -0.1) is 0 Å². The maximum absolute atomic E-state index is 8.77. The Kier molecular flexibility index (Phi) is 2.09. The molecule has 0 radical (unpaired) electrons. The zero-order chi connectivity index (χ0) is 10.1. The third kappa shape index (κ3) is 1.54. The molecule has 0 atom stereocenters. The molecule has 0 saturated carbocycles. The first kappa shape index (κ1) is 8.97. The van der Waals surface area contributed by atoms with Gasteiger partial charge in [-0.3, -0.25) is 0 Å². The van der Waals surface area contributed by atoms with Crippen molar-refractivity contribution >= 4 is 38.8 Å². The highest BCUT2D eigenvalue weighted by molar-refractivity contribution is 6.60. The fraction of sp³-hybridized carbons (Fsp3) is 0. The number of rotatable bonds is 0. The Hall–Kier alpha value is -1.61. The minimum Gasteiger partial charge on any atom is -0.469 e. The molecule has 70 valence electrons. The van der Waals surface area contributed by atoms with Gasteiger partial charge < -0.3 is 5.11 Å². The number of pyridine rings is 3. The first-order valence-corrected chi connectivity index (χ1v) is 4.34. The van der Waals surface area contributed by atoms with Gasteiger partial charge in [-0.1, -0.05) is 12.1 Å². The van der Waals surface area contributed by atoms with E-state index < -0.39 is 5.43 Å². The molecule has 0 saturated heterocycles. The number of nitrogens with zero attached hydrogens (tertiary/aromatic N) is 1. The molecule has 2 aromatic carbocycles. The van der Waals surface area contributed by atoms with Crippen LogP contribution in [0.25, 0.3) is 21.8 Å². The second-order valence-corrected chi connectivity index (χ2v) is 3.18. The van der Waals surface area contributed by atoms with Crippen molar-refractivity contribution in [2.75, 3.05) is 0 Å². The van der Waals surface area contributed by atoms with Crippen LogP contribution in [0.2, 0.25) is 0 Å². The molecule has 4 bridgehead atoms. The topological polar surface area (TPSA) is 50.2 Å². The highest BCUT2D eigenvalue weighted by atomic mass is 35.5. The van der Waals surface area contributed by atoms with Gasteiger partial charge in [0, 0.05) is 22.4 Å². The molecule has 0 fully saturated rings. The zero-order valence-electron chi connectivity index (χ0n) is 7.07. The number of fused-ring (bicyclic) bond motifs is 2. The molecule has 0 unspecified atom stereocenters. The van der Waals surface area contributed by atoms with E-state index in [9.17, 15) is 0 Å². The van der Waals surface area contributed by atoms with Gasteiger partial charge in [0.25, 0.3) is 0 Å². The Bertz CT molecular complexity index is 464. The van der Waals surface area contributed by atoms with E-state index in [4.69, 9.17) is 9.90 Å². The monoisotopic (exact) mass is 207 g/mol. The van der Waals surface area contributed by atoms with Crippen LogP contribution in [0.15, 0.2) is 30.3 Å². The van der Waals surface area contributed by atoms with Crippen LogP contribution < -0.4 is 0 Å². The predicted octanol–water partition coefficient (Wildman–Crippen LogP) is 3.17. The Morgan fingerprint density at radius 2 is 1.57 bits per heavy atom. The lowest BCUT2D eigenvalue weighted by molar-refractivity contribution is 0.220. The van der Waals surface area contributed by atoms with Crippen LogP contribution in [0.3, 0.4) is 0 Å². The average molecular weight is 208 g/mol. The SMILES string of the molecule is O=C(O)Cl.c1cc2nc3ccc2cc13. The molecule has 4 heteroatoms.